The van der Waals surface area contributed by atoms with Crippen LogP contribution in [0.3, 0.4) is 0 Å². The first-order chi connectivity index (χ1) is 16.0. The van der Waals surface area contributed by atoms with Crippen molar-refractivity contribution in [2.24, 2.45) is 0 Å². The SMILES string of the molecule is CN1CCN(c2cc(C(=O)Cc3cc4cc(-c5cncc(Cl)c5)ncc4cn3)ccn2)CC1. The van der Waals surface area contributed by atoms with Gasteiger partial charge in [-0.25, -0.2) is 4.98 Å². The Kier molecular flexibility index (Phi) is 5.98. The fraction of sp³-hybridized carbons (Fsp3) is 0.240. The molecule has 4 aromatic heterocycles. The first-order valence-corrected chi connectivity index (χ1v) is 11.2. The van der Waals surface area contributed by atoms with Crippen molar-refractivity contribution in [2.45, 2.75) is 6.42 Å². The first kappa shape index (κ1) is 21.4. The minimum absolute atomic E-state index is 0.0212. The standard InChI is InChI=1S/C25H23ClN6O/c1-31-4-6-32(7-5-31)25-11-17(2-3-28-25)24(33)12-22-9-18-10-23(30-15-20(18)14-29-22)19-8-21(26)16-27-13-19/h2-3,8-11,13-16H,4-7,12H2,1H3. The molecule has 0 bridgehead atoms. The molecule has 0 saturated carbocycles. The molecule has 0 aliphatic carbocycles. The maximum absolute atomic E-state index is 13.0. The average Bonchev–Trinajstić information content (AvgIpc) is 2.84. The fourth-order valence-electron chi connectivity index (χ4n) is 3.96. The summed E-state index contributed by atoms with van der Waals surface area (Å²) in [4.78, 5) is 35.1. The number of ketones is 1. The highest BCUT2D eigenvalue weighted by Crippen LogP contribution is 2.24. The van der Waals surface area contributed by atoms with Crippen LogP contribution in [-0.2, 0) is 6.42 Å². The van der Waals surface area contributed by atoms with E-state index in [9.17, 15) is 4.79 Å². The van der Waals surface area contributed by atoms with E-state index in [1.807, 2.05) is 24.3 Å². The van der Waals surface area contributed by atoms with Crippen LogP contribution >= 0.6 is 11.6 Å². The highest BCUT2D eigenvalue weighted by atomic mass is 35.5. The lowest BCUT2D eigenvalue weighted by atomic mass is 10.0. The summed E-state index contributed by atoms with van der Waals surface area (Å²) in [6, 6.07) is 9.41. The summed E-state index contributed by atoms with van der Waals surface area (Å²) < 4.78 is 0. The van der Waals surface area contributed by atoms with Gasteiger partial charge in [-0.1, -0.05) is 11.6 Å². The molecule has 0 spiro atoms. The van der Waals surface area contributed by atoms with Gasteiger partial charge in [0.1, 0.15) is 5.82 Å². The topological polar surface area (TPSA) is 75.1 Å². The number of piperazine rings is 1. The molecule has 4 aromatic rings. The van der Waals surface area contributed by atoms with Crippen LogP contribution in [0.1, 0.15) is 16.1 Å². The van der Waals surface area contributed by atoms with Crippen LogP contribution in [0, 0.1) is 0 Å². The van der Waals surface area contributed by atoms with E-state index in [0.717, 1.165) is 54.0 Å². The highest BCUT2D eigenvalue weighted by molar-refractivity contribution is 6.30. The molecule has 0 unspecified atom stereocenters. The number of anilines is 1. The summed E-state index contributed by atoms with van der Waals surface area (Å²) >= 11 is 6.07. The van der Waals surface area contributed by atoms with Crippen LogP contribution in [0.15, 0.2) is 61.3 Å². The second kappa shape index (κ2) is 9.21. The van der Waals surface area contributed by atoms with Crippen LogP contribution in [0.5, 0.6) is 0 Å². The second-order valence-electron chi connectivity index (χ2n) is 8.28. The Hall–Kier alpha value is -3.42. The molecule has 0 amide bonds. The highest BCUT2D eigenvalue weighted by Gasteiger charge is 2.17. The van der Waals surface area contributed by atoms with Crippen molar-refractivity contribution >= 4 is 34.0 Å². The third kappa shape index (κ3) is 4.84. The summed E-state index contributed by atoms with van der Waals surface area (Å²) in [5.41, 5.74) is 2.98. The molecular weight excluding hydrogens is 436 g/mol. The smallest absolute Gasteiger partial charge is 0.169 e. The lowest BCUT2D eigenvalue weighted by Gasteiger charge is -2.33. The minimum Gasteiger partial charge on any atom is -0.354 e. The molecule has 0 radical (unpaired) electrons. The van der Waals surface area contributed by atoms with Crippen molar-refractivity contribution in [3.8, 4) is 11.3 Å². The zero-order valence-corrected chi connectivity index (χ0v) is 19.0. The Morgan fingerprint density at radius 2 is 1.76 bits per heavy atom. The molecule has 33 heavy (non-hydrogen) atoms. The van der Waals surface area contributed by atoms with Gasteiger partial charge in [-0.05, 0) is 42.8 Å². The fourth-order valence-corrected chi connectivity index (χ4v) is 4.13. The molecule has 1 aliphatic heterocycles. The van der Waals surface area contributed by atoms with Gasteiger partial charge in [-0.3, -0.25) is 19.7 Å². The Bertz CT molecular complexity index is 1320. The monoisotopic (exact) mass is 458 g/mol. The van der Waals surface area contributed by atoms with Crippen molar-refractivity contribution in [1.29, 1.82) is 0 Å². The van der Waals surface area contributed by atoms with Gasteiger partial charge in [0.25, 0.3) is 0 Å². The second-order valence-corrected chi connectivity index (χ2v) is 8.71. The molecule has 0 atom stereocenters. The van der Waals surface area contributed by atoms with E-state index < -0.39 is 0 Å². The number of hydrogen-bond donors (Lipinski definition) is 0. The zero-order valence-electron chi connectivity index (χ0n) is 18.3. The van der Waals surface area contributed by atoms with Crippen LogP contribution in [-0.4, -0.2) is 63.8 Å². The summed E-state index contributed by atoms with van der Waals surface area (Å²) in [6.45, 7) is 3.80. The molecule has 5 heterocycles. The van der Waals surface area contributed by atoms with Crippen LogP contribution in [0.4, 0.5) is 5.82 Å². The van der Waals surface area contributed by atoms with Crippen molar-refractivity contribution in [3.63, 3.8) is 0 Å². The number of likely N-dealkylation sites (N-methyl/N-ethyl adjacent to an activating group) is 1. The molecule has 5 rings (SSSR count). The molecule has 1 aliphatic rings. The summed E-state index contributed by atoms with van der Waals surface area (Å²) in [5, 5.41) is 2.43. The maximum Gasteiger partial charge on any atom is 0.169 e. The van der Waals surface area contributed by atoms with Gasteiger partial charge in [0.05, 0.1) is 17.1 Å². The Morgan fingerprint density at radius 3 is 2.58 bits per heavy atom. The van der Waals surface area contributed by atoms with Crippen molar-refractivity contribution in [2.75, 3.05) is 38.1 Å². The molecule has 1 fully saturated rings. The van der Waals surface area contributed by atoms with Gasteiger partial charge in [-0.15, -0.1) is 0 Å². The van der Waals surface area contributed by atoms with E-state index in [1.54, 1.807) is 37.1 Å². The minimum atomic E-state index is 0.0212. The first-order valence-electron chi connectivity index (χ1n) is 10.8. The lowest BCUT2D eigenvalue weighted by Crippen LogP contribution is -2.44. The molecule has 7 nitrogen and oxygen atoms in total. The number of fused-ring (bicyclic) bond motifs is 1. The van der Waals surface area contributed by atoms with Crippen molar-refractivity contribution in [1.82, 2.24) is 24.8 Å². The van der Waals surface area contributed by atoms with E-state index in [-0.39, 0.29) is 12.2 Å². The van der Waals surface area contributed by atoms with Gasteiger partial charge in [0.2, 0.25) is 0 Å². The predicted molar refractivity (Wildman–Crippen MR) is 130 cm³/mol. The van der Waals surface area contributed by atoms with Crippen LogP contribution in [0.25, 0.3) is 22.0 Å². The lowest BCUT2D eigenvalue weighted by molar-refractivity contribution is 0.0992. The number of pyridine rings is 4. The van der Waals surface area contributed by atoms with Gasteiger partial charge >= 0.3 is 0 Å². The number of aromatic nitrogens is 4. The van der Waals surface area contributed by atoms with Crippen LogP contribution in [0.2, 0.25) is 5.02 Å². The van der Waals surface area contributed by atoms with Crippen LogP contribution < -0.4 is 4.90 Å². The number of rotatable bonds is 5. The van der Waals surface area contributed by atoms with Crippen molar-refractivity contribution < 1.29 is 4.79 Å². The Labute approximate surface area is 197 Å². The Morgan fingerprint density at radius 1 is 0.939 bits per heavy atom. The van der Waals surface area contributed by atoms with E-state index in [1.165, 1.54) is 0 Å². The summed E-state index contributed by atoms with van der Waals surface area (Å²) in [6.07, 6.45) is 8.79. The third-order valence-corrected chi connectivity index (χ3v) is 6.10. The molecule has 0 aromatic carbocycles. The van der Waals surface area contributed by atoms with Gasteiger partial charge < -0.3 is 9.80 Å². The zero-order chi connectivity index (χ0) is 22.8. The number of carbonyl (C=O) groups is 1. The molecule has 1 saturated heterocycles. The number of hydrogen-bond acceptors (Lipinski definition) is 7. The number of halogens is 1. The quantitative estimate of drug-likeness (QED) is 0.419. The Balaban J connectivity index is 1.36. The number of carbonyl (C=O) groups excluding carboxylic acids is 1. The van der Waals surface area contributed by atoms with Gasteiger partial charge in [0, 0.05) is 79.4 Å². The molecular formula is C25H23ClN6O. The molecule has 166 valence electrons. The average molecular weight is 459 g/mol. The van der Waals surface area contributed by atoms with E-state index >= 15 is 0 Å². The predicted octanol–water partition coefficient (Wildman–Crippen LogP) is 3.92. The van der Waals surface area contributed by atoms with E-state index in [2.05, 4.69) is 36.8 Å². The number of Topliss-reactive ketones (excluding diaryl/α,β-unsaturated/α-hetero) is 1. The summed E-state index contributed by atoms with van der Waals surface area (Å²) in [7, 11) is 2.12. The normalized spacial score (nSPS) is 14.5. The van der Waals surface area contributed by atoms with Crippen molar-refractivity contribution in [3.05, 3.63) is 77.6 Å². The van der Waals surface area contributed by atoms with E-state index in [4.69, 9.17) is 11.6 Å². The van der Waals surface area contributed by atoms with Gasteiger partial charge in [-0.2, -0.15) is 0 Å². The van der Waals surface area contributed by atoms with E-state index in [0.29, 0.717) is 16.3 Å². The maximum atomic E-state index is 13.0. The summed E-state index contributed by atoms with van der Waals surface area (Å²) in [5.74, 6) is 0.874. The number of nitrogens with zero attached hydrogens (tertiary/aromatic N) is 6. The third-order valence-electron chi connectivity index (χ3n) is 5.90. The molecule has 0 N–H and O–H groups in total. The molecule has 8 heteroatoms. The van der Waals surface area contributed by atoms with Gasteiger partial charge in [0.15, 0.2) is 5.78 Å². The largest absolute Gasteiger partial charge is 0.354 e.